The van der Waals surface area contributed by atoms with Gasteiger partial charge in [-0.3, -0.25) is 9.59 Å². The number of hydrogen-bond donors (Lipinski definition) is 2. The maximum atomic E-state index is 11.4. The second-order valence-corrected chi connectivity index (χ2v) is 5.65. The topological polar surface area (TPSA) is 74.6 Å². The van der Waals surface area contributed by atoms with Crippen LogP contribution >= 0.6 is 0 Å². The van der Waals surface area contributed by atoms with Crippen molar-refractivity contribution in [2.24, 2.45) is 29.6 Å². The molecule has 0 heterocycles. The fourth-order valence-corrected chi connectivity index (χ4v) is 3.98. The van der Waals surface area contributed by atoms with Gasteiger partial charge in [0.2, 0.25) is 0 Å². The SMILES string of the molecule is CC1CC2CCCCC2C(C(=O)O)C1C(=O)O. The highest BCUT2D eigenvalue weighted by molar-refractivity contribution is 5.80. The number of carbonyl (C=O) groups is 2. The summed E-state index contributed by atoms with van der Waals surface area (Å²) in [6, 6.07) is 0. The molecule has 0 aromatic heterocycles. The molecule has 5 atom stereocenters. The normalized spacial score (nSPS) is 41.6. The van der Waals surface area contributed by atoms with Crippen molar-refractivity contribution >= 4 is 11.9 Å². The summed E-state index contributed by atoms with van der Waals surface area (Å²) in [5.41, 5.74) is 0. The monoisotopic (exact) mass is 240 g/mol. The molecule has 96 valence electrons. The third-order valence-electron chi connectivity index (χ3n) is 4.67. The third-order valence-corrected chi connectivity index (χ3v) is 4.67. The van der Waals surface area contributed by atoms with Crippen molar-refractivity contribution in [2.45, 2.75) is 39.0 Å². The van der Waals surface area contributed by atoms with E-state index >= 15 is 0 Å². The van der Waals surface area contributed by atoms with E-state index in [-0.39, 0.29) is 11.8 Å². The van der Waals surface area contributed by atoms with Gasteiger partial charge in [-0.1, -0.05) is 26.2 Å². The van der Waals surface area contributed by atoms with E-state index in [2.05, 4.69) is 0 Å². The second kappa shape index (κ2) is 4.67. The van der Waals surface area contributed by atoms with E-state index in [1.165, 1.54) is 0 Å². The van der Waals surface area contributed by atoms with Crippen LogP contribution in [0.25, 0.3) is 0 Å². The third kappa shape index (κ3) is 2.17. The Hall–Kier alpha value is -1.06. The highest BCUT2D eigenvalue weighted by Gasteiger charge is 2.50. The van der Waals surface area contributed by atoms with Gasteiger partial charge in [-0.2, -0.15) is 0 Å². The molecule has 0 aromatic rings. The zero-order valence-corrected chi connectivity index (χ0v) is 10.1. The van der Waals surface area contributed by atoms with Crippen LogP contribution in [0.3, 0.4) is 0 Å². The molecule has 0 aliphatic heterocycles. The maximum Gasteiger partial charge on any atom is 0.307 e. The molecule has 0 bridgehead atoms. The highest BCUT2D eigenvalue weighted by Crippen LogP contribution is 2.48. The molecular formula is C13H20O4. The van der Waals surface area contributed by atoms with Crippen molar-refractivity contribution in [1.82, 2.24) is 0 Å². The van der Waals surface area contributed by atoms with Crippen molar-refractivity contribution in [3.8, 4) is 0 Å². The molecule has 2 aliphatic carbocycles. The van der Waals surface area contributed by atoms with Crippen LogP contribution < -0.4 is 0 Å². The smallest absolute Gasteiger partial charge is 0.307 e. The van der Waals surface area contributed by atoms with Gasteiger partial charge in [0.05, 0.1) is 11.8 Å². The summed E-state index contributed by atoms with van der Waals surface area (Å²) in [6.07, 6.45) is 5.05. The second-order valence-electron chi connectivity index (χ2n) is 5.65. The fraction of sp³-hybridized carbons (Fsp3) is 0.846. The van der Waals surface area contributed by atoms with E-state index in [0.717, 1.165) is 32.1 Å². The number of carboxylic acid groups (broad SMARTS) is 2. The Balaban J connectivity index is 2.28. The van der Waals surface area contributed by atoms with Crippen LogP contribution in [0.4, 0.5) is 0 Å². The molecule has 2 rings (SSSR count). The maximum absolute atomic E-state index is 11.4. The summed E-state index contributed by atoms with van der Waals surface area (Å²) >= 11 is 0. The average molecular weight is 240 g/mol. The van der Waals surface area contributed by atoms with Gasteiger partial charge in [0.25, 0.3) is 0 Å². The zero-order chi connectivity index (χ0) is 12.6. The fourth-order valence-electron chi connectivity index (χ4n) is 3.98. The Kier molecular flexibility index (Phi) is 3.40. The molecule has 17 heavy (non-hydrogen) atoms. The first-order chi connectivity index (χ1) is 8.02. The van der Waals surface area contributed by atoms with Gasteiger partial charge in [-0.05, 0) is 30.6 Å². The molecule has 2 saturated carbocycles. The molecule has 4 heteroatoms. The van der Waals surface area contributed by atoms with E-state index in [9.17, 15) is 19.8 Å². The van der Waals surface area contributed by atoms with Crippen LogP contribution in [0.15, 0.2) is 0 Å². The van der Waals surface area contributed by atoms with Gasteiger partial charge in [-0.25, -0.2) is 0 Å². The Bertz CT molecular complexity index is 325. The van der Waals surface area contributed by atoms with Crippen LogP contribution in [-0.4, -0.2) is 22.2 Å². The first-order valence-corrected chi connectivity index (χ1v) is 6.48. The van der Waals surface area contributed by atoms with E-state index in [1.807, 2.05) is 6.92 Å². The molecule has 0 spiro atoms. The van der Waals surface area contributed by atoms with Gasteiger partial charge in [0.1, 0.15) is 0 Å². The van der Waals surface area contributed by atoms with Crippen LogP contribution in [0.5, 0.6) is 0 Å². The molecule has 0 radical (unpaired) electrons. The molecule has 2 fully saturated rings. The van der Waals surface area contributed by atoms with Crippen LogP contribution in [0.1, 0.15) is 39.0 Å². The molecular weight excluding hydrogens is 220 g/mol. The predicted octanol–water partition coefficient (Wildman–Crippen LogP) is 2.23. The lowest BCUT2D eigenvalue weighted by Crippen LogP contribution is -2.47. The predicted molar refractivity (Wildman–Crippen MR) is 61.5 cm³/mol. The van der Waals surface area contributed by atoms with Crippen LogP contribution in [0, 0.1) is 29.6 Å². The summed E-state index contributed by atoms with van der Waals surface area (Å²) < 4.78 is 0. The number of rotatable bonds is 2. The average Bonchev–Trinajstić information content (AvgIpc) is 2.26. The van der Waals surface area contributed by atoms with Crippen molar-refractivity contribution in [1.29, 1.82) is 0 Å². The number of aliphatic carboxylic acids is 2. The van der Waals surface area contributed by atoms with Gasteiger partial charge < -0.3 is 10.2 Å². The quantitative estimate of drug-likeness (QED) is 0.776. The highest BCUT2D eigenvalue weighted by atomic mass is 16.4. The first-order valence-electron chi connectivity index (χ1n) is 6.48. The lowest BCUT2D eigenvalue weighted by Gasteiger charge is -2.45. The molecule has 2 aliphatic rings. The van der Waals surface area contributed by atoms with Gasteiger partial charge in [0, 0.05) is 0 Å². The summed E-state index contributed by atoms with van der Waals surface area (Å²) in [5, 5.41) is 18.6. The standard InChI is InChI=1S/C13H20O4/c1-7-6-8-4-2-3-5-9(8)11(13(16)17)10(7)12(14)15/h7-11H,2-6H2,1H3,(H,14,15)(H,16,17). The number of hydrogen-bond acceptors (Lipinski definition) is 2. The Labute approximate surface area is 101 Å². The Morgan fingerprint density at radius 3 is 2.18 bits per heavy atom. The van der Waals surface area contributed by atoms with Crippen molar-refractivity contribution in [3.63, 3.8) is 0 Å². The lowest BCUT2D eigenvalue weighted by molar-refractivity contribution is -0.164. The Morgan fingerprint density at radius 2 is 1.59 bits per heavy atom. The minimum absolute atomic E-state index is 0.0204. The van der Waals surface area contributed by atoms with Gasteiger partial charge in [-0.15, -0.1) is 0 Å². The van der Waals surface area contributed by atoms with Crippen molar-refractivity contribution in [2.75, 3.05) is 0 Å². The van der Waals surface area contributed by atoms with E-state index < -0.39 is 23.8 Å². The Morgan fingerprint density at radius 1 is 1.00 bits per heavy atom. The minimum atomic E-state index is -0.936. The largest absolute Gasteiger partial charge is 0.481 e. The van der Waals surface area contributed by atoms with Gasteiger partial charge >= 0.3 is 11.9 Å². The van der Waals surface area contributed by atoms with E-state index in [0.29, 0.717) is 5.92 Å². The molecule has 0 saturated heterocycles. The first kappa shape index (κ1) is 12.4. The van der Waals surface area contributed by atoms with E-state index in [4.69, 9.17) is 0 Å². The van der Waals surface area contributed by atoms with Crippen LogP contribution in [0.2, 0.25) is 0 Å². The number of carboxylic acids is 2. The van der Waals surface area contributed by atoms with E-state index in [1.54, 1.807) is 0 Å². The van der Waals surface area contributed by atoms with Gasteiger partial charge in [0.15, 0.2) is 0 Å². The molecule has 5 unspecified atom stereocenters. The lowest BCUT2D eigenvalue weighted by atomic mass is 9.58. The molecule has 4 nitrogen and oxygen atoms in total. The number of fused-ring (bicyclic) bond motifs is 1. The molecule has 0 amide bonds. The van der Waals surface area contributed by atoms with Crippen LogP contribution in [-0.2, 0) is 9.59 Å². The summed E-state index contributed by atoms with van der Waals surface area (Å²) in [5.74, 6) is -2.75. The summed E-state index contributed by atoms with van der Waals surface area (Å²) in [6.45, 7) is 1.89. The zero-order valence-electron chi connectivity index (χ0n) is 10.1. The minimum Gasteiger partial charge on any atom is -0.481 e. The molecule has 0 aromatic carbocycles. The van der Waals surface area contributed by atoms with Crippen molar-refractivity contribution < 1.29 is 19.8 Å². The summed E-state index contributed by atoms with van der Waals surface area (Å²) in [7, 11) is 0. The summed E-state index contributed by atoms with van der Waals surface area (Å²) in [4.78, 5) is 22.7. The molecule has 2 N–H and O–H groups in total. The van der Waals surface area contributed by atoms with Crippen molar-refractivity contribution in [3.05, 3.63) is 0 Å².